The summed E-state index contributed by atoms with van der Waals surface area (Å²) >= 11 is 0. The summed E-state index contributed by atoms with van der Waals surface area (Å²) < 4.78 is 7.72. The van der Waals surface area contributed by atoms with E-state index in [1.165, 1.54) is 0 Å². The first-order valence-corrected chi connectivity index (χ1v) is 10.1. The summed E-state index contributed by atoms with van der Waals surface area (Å²) in [5, 5.41) is 7.88. The van der Waals surface area contributed by atoms with Crippen LogP contribution in [0.4, 0.5) is 12.0 Å². The Hall–Kier alpha value is -4.27. The highest BCUT2D eigenvalue weighted by molar-refractivity contribution is 5.88. The molecule has 32 heavy (non-hydrogen) atoms. The number of fused-ring (bicyclic) bond motifs is 1. The molecule has 0 aliphatic carbocycles. The number of benzene rings is 2. The largest absolute Gasteiger partial charge is 0.404 e. The Morgan fingerprint density at radius 3 is 2.25 bits per heavy atom. The second-order valence-electron chi connectivity index (χ2n) is 8.47. The highest BCUT2D eigenvalue weighted by Gasteiger charge is 2.25. The third-order valence-corrected chi connectivity index (χ3v) is 5.17. The van der Waals surface area contributed by atoms with Crippen molar-refractivity contribution in [3.05, 3.63) is 54.9 Å². The minimum absolute atomic E-state index is 0.0227. The molecule has 0 amide bonds. The van der Waals surface area contributed by atoms with Crippen LogP contribution in [0, 0.1) is 0 Å². The molecule has 0 aliphatic rings. The molecule has 0 saturated carbocycles. The minimum atomic E-state index is -0.239. The maximum atomic E-state index is 5.67. The number of hydrogen-bond donors (Lipinski definition) is 2. The molecular weight excluding hydrogens is 404 g/mol. The molecule has 0 unspecified atom stereocenters. The normalized spacial score (nSPS) is 11.8. The lowest BCUT2D eigenvalue weighted by atomic mass is 10.0. The van der Waals surface area contributed by atoms with E-state index >= 15 is 0 Å². The number of nitrogens with zero attached hydrogens (tertiary/aromatic N) is 6. The smallest absolute Gasteiger partial charge is 0.313 e. The van der Waals surface area contributed by atoms with Gasteiger partial charge in [-0.15, -0.1) is 5.10 Å². The van der Waals surface area contributed by atoms with Crippen LogP contribution in [0.1, 0.15) is 20.8 Å². The SMILES string of the molecule is CC(C)(C)n1c(-c2ccccc2-c2nnc(N)o2)nc2cc(-c3cnc(N)nc3)ccc21. The summed E-state index contributed by atoms with van der Waals surface area (Å²) in [6.45, 7) is 6.44. The second kappa shape index (κ2) is 7.16. The third-order valence-electron chi connectivity index (χ3n) is 5.17. The van der Waals surface area contributed by atoms with Gasteiger partial charge >= 0.3 is 6.01 Å². The molecule has 0 saturated heterocycles. The van der Waals surface area contributed by atoms with E-state index in [0.717, 1.165) is 39.1 Å². The summed E-state index contributed by atoms with van der Waals surface area (Å²) in [6.07, 6.45) is 3.42. The molecule has 0 bridgehead atoms. The summed E-state index contributed by atoms with van der Waals surface area (Å²) in [4.78, 5) is 13.2. The van der Waals surface area contributed by atoms with Gasteiger partial charge in [-0.3, -0.25) is 0 Å². The summed E-state index contributed by atoms with van der Waals surface area (Å²) in [7, 11) is 0. The first-order chi connectivity index (χ1) is 15.3. The van der Waals surface area contributed by atoms with Crippen LogP contribution in [0.15, 0.2) is 59.3 Å². The number of anilines is 2. The van der Waals surface area contributed by atoms with E-state index in [2.05, 4.69) is 51.6 Å². The monoisotopic (exact) mass is 426 g/mol. The zero-order valence-electron chi connectivity index (χ0n) is 17.9. The van der Waals surface area contributed by atoms with Gasteiger partial charge in [0.15, 0.2) is 0 Å². The minimum Gasteiger partial charge on any atom is -0.404 e. The van der Waals surface area contributed by atoms with E-state index in [1.54, 1.807) is 12.4 Å². The average molecular weight is 426 g/mol. The topological polar surface area (TPSA) is 135 Å². The molecule has 5 rings (SSSR count). The summed E-state index contributed by atoms with van der Waals surface area (Å²) in [6, 6.07) is 14.0. The Morgan fingerprint density at radius 2 is 1.59 bits per heavy atom. The van der Waals surface area contributed by atoms with Gasteiger partial charge in [-0.05, 0) is 44.5 Å². The van der Waals surface area contributed by atoms with Crippen molar-refractivity contribution in [3.8, 4) is 34.0 Å². The van der Waals surface area contributed by atoms with Crippen molar-refractivity contribution in [2.24, 2.45) is 0 Å². The van der Waals surface area contributed by atoms with Crippen LogP contribution in [0.2, 0.25) is 0 Å². The Morgan fingerprint density at radius 1 is 0.875 bits per heavy atom. The van der Waals surface area contributed by atoms with Crippen molar-refractivity contribution >= 4 is 23.0 Å². The van der Waals surface area contributed by atoms with Gasteiger partial charge in [0.25, 0.3) is 0 Å². The Balaban J connectivity index is 1.74. The number of rotatable bonds is 3. The number of nitrogen functional groups attached to an aromatic ring is 2. The van der Waals surface area contributed by atoms with Crippen LogP contribution in [-0.4, -0.2) is 29.7 Å². The molecule has 4 N–H and O–H groups in total. The Kier molecular flexibility index (Phi) is 4.40. The van der Waals surface area contributed by atoms with E-state index in [9.17, 15) is 0 Å². The zero-order valence-corrected chi connectivity index (χ0v) is 17.9. The number of aromatic nitrogens is 6. The van der Waals surface area contributed by atoms with Crippen molar-refractivity contribution in [1.82, 2.24) is 29.7 Å². The van der Waals surface area contributed by atoms with E-state index in [1.807, 2.05) is 36.4 Å². The van der Waals surface area contributed by atoms with Gasteiger partial charge in [-0.1, -0.05) is 29.4 Å². The Labute approximate surface area is 184 Å². The predicted molar refractivity (Wildman–Crippen MR) is 123 cm³/mol. The van der Waals surface area contributed by atoms with Gasteiger partial charge in [0.05, 0.1) is 11.0 Å². The van der Waals surface area contributed by atoms with Crippen molar-refractivity contribution in [2.75, 3.05) is 11.5 Å². The molecule has 5 aromatic rings. The van der Waals surface area contributed by atoms with Crippen molar-refractivity contribution in [3.63, 3.8) is 0 Å². The standard InChI is InChI=1S/C23H22N8O/c1-23(2,3)31-18-9-8-13(14-11-26-21(24)27-12-14)10-17(18)28-19(31)15-6-4-5-7-16(15)20-29-30-22(25)32-20/h4-12H,1-3H3,(H2,25,30)(H2,24,26,27). The fourth-order valence-electron chi connectivity index (χ4n) is 3.81. The Bertz CT molecular complexity index is 1430. The van der Waals surface area contributed by atoms with Gasteiger partial charge in [0, 0.05) is 34.6 Å². The quantitative estimate of drug-likeness (QED) is 0.440. The lowest BCUT2D eigenvalue weighted by Gasteiger charge is -2.25. The average Bonchev–Trinajstić information content (AvgIpc) is 3.37. The molecule has 0 fully saturated rings. The molecular formula is C23H22N8O. The van der Waals surface area contributed by atoms with Gasteiger partial charge in [-0.2, -0.15) is 0 Å². The maximum absolute atomic E-state index is 5.67. The fourth-order valence-corrected chi connectivity index (χ4v) is 3.81. The third kappa shape index (κ3) is 3.33. The summed E-state index contributed by atoms with van der Waals surface area (Å²) in [5.74, 6) is 1.39. The fraction of sp³-hybridized carbons (Fsp3) is 0.174. The van der Waals surface area contributed by atoms with Gasteiger partial charge < -0.3 is 20.5 Å². The van der Waals surface area contributed by atoms with Gasteiger partial charge in [0.1, 0.15) is 5.82 Å². The highest BCUT2D eigenvalue weighted by Crippen LogP contribution is 2.37. The zero-order chi connectivity index (χ0) is 22.5. The van der Waals surface area contributed by atoms with E-state index in [-0.39, 0.29) is 17.5 Å². The van der Waals surface area contributed by atoms with Crippen LogP contribution in [-0.2, 0) is 5.54 Å². The van der Waals surface area contributed by atoms with Crippen molar-refractivity contribution in [1.29, 1.82) is 0 Å². The van der Waals surface area contributed by atoms with E-state index in [0.29, 0.717) is 5.89 Å². The first kappa shape index (κ1) is 19.7. The van der Waals surface area contributed by atoms with Crippen molar-refractivity contribution < 1.29 is 4.42 Å². The van der Waals surface area contributed by atoms with Gasteiger partial charge in [0.2, 0.25) is 11.8 Å². The van der Waals surface area contributed by atoms with Crippen LogP contribution in [0.25, 0.3) is 45.0 Å². The van der Waals surface area contributed by atoms with E-state index < -0.39 is 0 Å². The molecule has 0 spiro atoms. The molecule has 0 radical (unpaired) electrons. The van der Waals surface area contributed by atoms with Crippen LogP contribution in [0.3, 0.4) is 0 Å². The van der Waals surface area contributed by atoms with Gasteiger partial charge in [-0.25, -0.2) is 15.0 Å². The number of nitrogens with two attached hydrogens (primary N) is 2. The molecule has 9 heteroatoms. The first-order valence-electron chi connectivity index (χ1n) is 10.1. The lowest BCUT2D eigenvalue weighted by Crippen LogP contribution is -2.22. The molecule has 2 aromatic carbocycles. The van der Waals surface area contributed by atoms with Crippen LogP contribution in [0.5, 0.6) is 0 Å². The maximum Gasteiger partial charge on any atom is 0.313 e. The summed E-state index contributed by atoms with van der Waals surface area (Å²) in [5.41, 5.74) is 16.4. The second-order valence-corrected chi connectivity index (χ2v) is 8.47. The van der Waals surface area contributed by atoms with Crippen LogP contribution < -0.4 is 11.5 Å². The van der Waals surface area contributed by atoms with E-state index in [4.69, 9.17) is 20.9 Å². The van der Waals surface area contributed by atoms with Crippen LogP contribution >= 0.6 is 0 Å². The lowest BCUT2D eigenvalue weighted by molar-refractivity contribution is 0.413. The predicted octanol–water partition coefficient (Wildman–Crippen LogP) is 4.13. The number of hydrogen-bond acceptors (Lipinski definition) is 8. The molecule has 0 aliphatic heterocycles. The number of imidazole rings is 1. The van der Waals surface area contributed by atoms with Crippen molar-refractivity contribution in [2.45, 2.75) is 26.3 Å². The highest BCUT2D eigenvalue weighted by atomic mass is 16.4. The molecule has 3 aromatic heterocycles. The molecule has 9 nitrogen and oxygen atoms in total. The molecule has 160 valence electrons. The molecule has 3 heterocycles. The molecule has 0 atom stereocenters.